The van der Waals surface area contributed by atoms with Gasteiger partial charge in [-0.2, -0.15) is 0 Å². The average Bonchev–Trinajstić information content (AvgIpc) is 2.47. The Labute approximate surface area is 86.3 Å². The Morgan fingerprint density at radius 3 is 2.67 bits per heavy atom. The van der Waals surface area contributed by atoms with E-state index >= 15 is 0 Å². The summed E-state index contributed by atoms with van der Waals surface area (Å²) >= 11 is 0. The molecule has 15 heavy (non-hydrogen) atoms. The second-order valence-corrected chi connectivity index (χ2v) is 3.43. The van der Waals surface area contributed by atoms with Gasteiger partial charge in [-0.05, 0) is 13.0 Å². The van der Waals surface area contributed by atoms with Crippen molar-refractivity contribution in [2.24, 2.45) is 0 Å². The number of carbonyl (C=O) groups excluding carboxylic acids is 1. The number of nitrogens with one attached hydrogen (secondary N) is 1. The van der Waals surface area contributed by atoms with Crippen LogP contribution in [0, 0.1) is 0 Å². The van der Waals surface area contributed by atoms with E-state index in [0.29, 0.717) is 11.1 Å². The van der Waals surface area contributed by atoms with Crippen molar-refractivity contribution in [3.8, 4) is 17.2 Å². The number of hydrogen-bond acceptors (Lipinski definition) is 4. The molecule has 0 fully saturated rings. The number of methoxy groups -OCH3 is 1. The number of carbonyl (C=O) groups is 1. The minimum atomic E-state index is -0.334. The lowest BCUT2D eigenvalue weighted by Crippen LogP contribution is -2.16. The van der Waals surface area contributed by atoms with Crippen LogP contribution in [0.3, 0.4) is 0 Å². The molecule has 1 amide bonds. The van der Waals surface area contributed by atoms with Gasteiger partial charge in [-0.1, -0.05) is 0 Å². The maximum atomic E-state index is 11.4. The number of hydrogen-bond donors (Lipinski definition) is 3. The van der Waals surface area contributed by atoms with Gasteiger partial charge in [0.1, 0.15) is 0 Å². The summed E-state index contributed by atoms with van der Waals surface area (Å²) in [6.45, 7) is 1.73. The lowest BCUT2D eigenvalue weighted by molar-refractivity contribution is 0.0958. The molecule has 1 aromatic rings. The molecule has 1 aromatic carbocycles. The number of rotatable bonds is 1. The van der Waals surface area contributed by atoms with Gasteiger partial charge in [0.25, 0.3) is 5.91 Å². The molecule has 0 saturated carbocycles. The Kier molecular flexibility index (Phi) is 1.96. The van der Waals surface area contributed by atoms with Crippen LogP contribution in [0.1, 0.15) is 28.9 Å². The van der Waals surface area contributed by atoms with E-state index in [9.17, 15) is 15.0 Å². The molecule has 0 aliphatic carbocycles. The molecule has 1 unspecified atom stereocenters. The van der Waals surface area contributed by atoms with Gasteiger partial charge < -0.3 is 20.3 Å². The molecule has 1 atom stereocenters. The summed E-state index contributed by atoms with van der Waals surface area (Å²) in [7, 11) is 1.36. The lowest BCUT2D eigenvalue weighted by Gasteiger charge is -2.10. The van der Waals surface area contributed by atoms with E-state index in [-0.39, 0.29) is 29.2 Å². The van der Waals surface area contributed by atoms with E-state index in [1.807, 2.05) is 0 Å². The van der Waals surface area contributed by atoms with Crippen molar-refractivity contribution in [2.75, 3.05) is 7.11 Å². The minimum Gasteiger partial charge on any atom is -0.504 e. The lowest BCUT2D eigenvalue weighted by atomic mass is 10.0. The van der Waals surface area contributed by atoms with Gasteiger partial charge in [0.2, 0.25) is 5.75 Å². The van der Waals surface area contributed by atoms with E-state index < -0.39 is 0 Å². The van der Waals surface area contributed by atoms with Crippen LogP contribution in [0.4, 0.5) is 0 Å². The molecule has 5 heteroatoms. The van der Waals surface area contributed by atoms with Gasteiger partial charge in [-0.25, -0.2) is 0 Å². The standard InChI is InChI=1S/C10H11NO4/c1-4-7-5(10(14)11-4)3-6(15-2)8(12)9(7)13/h3-4,12-13H,1-2H3,(H,11,14). The molecule has 0 aromatic heterocycles. The van der Waals surface area contributed by atoms with Crippen LogP contribution in [-0.4, -0.2) is 23.2 Å². The highest BCUT2D eigenvalue weighted by molar-refractivity contribution is 6.01. The summed E-state index contributed by atoms with van der Waals surface area (Å²) in [5.41, 5.74) is 0.757. The molecule has 3 N–H and O–H groups in total. The summed E-state index contributed by atoms with van der Waals surface area (Å²) in [4.78, 5) is 11.4. The van der Waals surface area contributed by atoms with Gasteiger partial charge in [0, 0.05) is 5.56 Å². The van der Waals surface area contributed by atoms with Crippen LogP contribution in [0.5, 0.6) is 17.2 Å². The van der Waals surface area contributed by atoms with Crippen LogP contribution >= 0.6 is 0 Å². The molecule has 5 nitrogen and oxygen atoms in total. The summed E-state index contributed by atoms with van der Waals surface area (Å²) in [6, 6.07) is 1.12. The fourth-order valence-electron chi connectivity index (χ4n) is 1.78. The normalized spacial score (nSPS) is 18.5. The molecule has 80 valence electrons. The van der Waals surface area contributed by atoms with E-state index in [1.165, 1.54) is 13.2 Å². The van der Waals surface area contributed by atoms with E-state index in [4.69, 9.17) is 4.74 Å². The van der Waals surface area contributed by atoms with Gasteiger partial charge in [0.15, 0.2) is 11.5 Å². The molecule has 0 saturated heterocycles. The van der Waals surface area contributed by atoms with Crippen molar-refractivity contribution in [3.63, 3.8) is 0 Å². The molecular formula is C10H11NO4. The Morgan fingerprint density at radius 1 is 1.40 bits per heavy atom. The fourth-order valence-corrected chi connectivity index (χ4v) is 1.78. The number of aromatic hydroxyl groups is 2. The minimum absolute atomic E-state index is 0.0931. The number of ether oxygens (including phenoxy) is 1. The Hall–Kier alpha value is -1.91. The zero-order chi connectivity index (χ0) is 11.2. The second kappa shape index (κ2) is 3.05. The van der Waals surface area contributed by atoms with E-state index in [2.05, 4.69) is 5.32 Å². The van der Waals surface area contributed by atoms with Crippen molar-refractivity contribution in [3.05, 3.63) is 17.2 Å². The number of phenols is 2. The van der Waals surface area contributed by atoms with Crippen molar-refractivity contribution < 1.29 is 19.7 Å². The zero-order valence-electron chi connectivity index (χ0n) is 8.37. The van der Waals surface area contributed by atoms with Crippen LogP contribution in [0.2, 0.25) is 0 Å². The first-order chi connectivity index (χ1) is 7.06. The topological polar surface area (TPSA) is 78.8 Å². The van der Waals surface area contributed by atoms with Crippen LogP contribution < -0.4 is 10.1 Å². The third-order valence-corrected chi connectivity index (χ3v) is 2.52. The summed E-state index contributed by atoms with van der Waals surface area (Å²) < 4.78 is 4.84. The van der Waals surface area contributed by atoms with Gasteiger partial charge >= 0.3 is 0 Å². The third-order valence-electron chi connectivity index (χ3n) is 2.52. The molecular weight excluding hydrogens is 198 g/mol. The average molecular weight is 209 g/mol. The number of benzene rings is 1. The highest BCUT2D eigenvalue weighted by Crippen LogP contribution is 2.44. The maximum absolute atomic E-state index is 11.4. The molecule has 0 spiro atoms. The van der Waals surface area contributed by atoms with Gasteiger partial charge in [-0.3, -0.25) is 4.79 Å². The zero-order valence-corrected chi connectivity index (χ0v) is 8.37. The predicted molar refractivity (Wildman–Crippen MR) is 52.2 cm³/mol. The summed E-state index contributed by atoms with van der Waals surface area (Å²) in [6.07, 6.45) is 0. The van der Waals surface area contributed by atoms with Crippen LogP contribution in [0.25, 0.3) is 0 Å². The first kappa shape index (κ1) is 9.64. The molecule has 0 bridgehead atoms. The summed E-state index contributed by atoms with van der Waals surface area (Å²) in [5.74, 6) is -0.809. The van der Waals surface area contributed by atoms with Crippen molar-refractivity contribution in [2.45, 2.75) is 13.0 Å². The molecule has 1 heterocycles. The Morgan fingerprint density at radius 2 is 2.07 bits per heavy atom. The number of amides is 1. The third kappa shape index (κ3) is 1.20. The van der Waals surface area contributed by atoms with Crippen molar-refractivity contribution >= 4 is 5.91 Å². The highest BCUT2D eigenvalue weighted by atomic mass is 16.5. The quantitative estimate of drug-likeness (QED) is 0.601. The first-order valence-electron chi connectivity index (χ1n) is 4.50. The van der Waals surface area contributed by atoms with Crippen molar-refractivity contribution in [1.29, 1.82) is 0 Å². The predicted octanol–water partition coefficient (Wildman–Crippen LogP) is 0.911. The van der Waals surface area contributed by atoms with E-state index in [1.54, 1.807) is 6.92 Å². The summed E-state index contributed by atoms with van der Waals surface area (Å²) in [5, 5.41) is 21.9. The van der Waals surface area contributed by atoms with Crippen LogP contribution in [0.15, 0.2) is 6.07 Å². The molecule has 1 aliphatic rings. The van der Waals surface area contributed by atoms with Gasteiger partial charge in [-0.15, -0.1) is 0 Å². The Bertz CT molecular complexity index is 442. The fraction of sp³-hybridized carbons (Fsp3) is 0.300. The van der Waals surface area contributed by atoms with Crippen molar-refractivity contribution in [1.82, 2.24) is 5.32 Å². The molecule has 2 rings (SSSR count). The monoisotopic (exact) mass is 209 g/mol. The SMILES string of the molecule is COc1cc2c(c(O)c1O)C(C)NC2=O. The van der Waals surface area contributed by atoms with Crippen LogP contribution in [-0.2, 0) is 0 Å². The molecule has 1 aliphatic heterocycles. The van der Waals surface area contributed by atoms with E-state index in [0.717, 1.165) is 0 Å². The number of fused-ring (bicyclic) bond motifs is 1. The Balaban J connectivity index is 2.71. The first-order valence-corrected chi connectivity index (χ1v) is 4.50. The smallest absolute Gasteiger partial charge is 0.252 e. The second-order valence-electron chi connectivity index (χ2n) is 3.43. The maximum Gasteiger partial charge on any atom is 0.252 e. The van der Waals surface area contributed by atoms with Gasteiger partial charge in [0.05, 0.1) is 18.7 Å². The molecule has 0 radical (unpaired) electrons. The highest BCUT2D eigenvalue weighted by Gasteiger charge is 2.31. The number of phenolic OH excluding ortho intramolecular Hbond substituents is 2. The largest absolute Gasteiger partial charge is 0.504 e.